The fraction of sp³-hybridized carbons (Fsp3) is 0.889. The number of hydrogen-bond acceptors (Lipinski definition) is 4. The maximum Gasteiger partial charge on any atom is 0.178 e. The number of hydrogen-bond donors (Lipinski definition) is 2. The minimum atomic E-state index is -0.383. The number of carbonyl (C=O) groups excluding carboxylic acids is 1. The van der Waals surface area contributed by atoms with Gasteiger partial charge in [0, 0.05) is 5.54 Å². The van der Waals surface area contributed by atoms with E-state index >= 15 is 0 Å². The summed E-state index contributed by atoms with van der Waals surface area (Å²) in [4.78, 5) is 11.3. The molecule has 0 radical (unpaired) electrons. The van der Waals surface area contributed by atoms with Crippen LogP contribution in [0.3, 0.4) is 0 Å². The lowest BCUT2D eigenvalue weighted by Crippen LogP contribution is -2.51. The standard InChI is InChI=1S/C9H17NO3/c1-9(2,3)10-8-6(12)5-13-7(8)4-11/h7-8,10-11H,4-5H2,1-3H3. The zero-order chi connectivity index (χ0) is 10.1. The highest BCUT2D eigenvalue weighted by Crippen LogP contribution is 2.13. The molecule has 1 fully saturated rings. The molecule has 4 heteroatoms. The van der Waals surface area contributed by atoms with E-state index in [2.05, 4.69) is 5.32 Å². The number of ketones is 1. The van der Waals surface area contributed by atoms with Gasteiger partial charge in [0.15, 0.2) is 5.78 Å². The van der Waals surface area contributed by atoms with Gasteiger partial charge < -0.3 is 15.2 Å². The van der Waals surface area contributed by atoms with Crippen LogP contribution < -0.4 is 5.32 Å². The van der Waals surface area contributed by atoms with Crippen molar-refractivity contribution in [3.63, 3.8) is 0 Å². The van der Waals surface area contributed by atoms with E-state index in [9.17, 15) is 4.79 Å². The van der Waals surface area contributed by atoms with Crippen LogP contribution in [0.1, 0.15) is 20.8 Å². The molecule has 1 aliphatic heterocycles. The number of aliphatic hydroxyl groups is 1. The summed E-state index contributed by atoms with van der Waals surface area (Å²) in [6, 6.07) is -0.356. The smallest absolute Gasteiger partial charge is 0.178 e. The Morgan fingerprint density at radius 2 is 2.23 bits per heavy atom. The van der Waals surface area contributed by atoms with Crippen LogP contribution in [0.5, 0.6) is 0 Å². The quantitative estimate of drug-likeness (QED) is 0.623. The van der Waals surface area contributed by atoms with Gasteiger partial charge in [0.2, 0.25) is 0 Å². The maximum absolute atomic E-state index is 11.3. The zero-order valence-electron chi connectivity index (χ0n) is 8.33. The van der Waals surface area contributed by atoms with E-state index in [4.69, 9.17) is 9.84 Å². The lowest BCUT2D eigenvalue weighted by Gasteiger charge is -2.27. The summed E-state index contributed by atoms with van der Waals surface area (Å²) in [5, 5.41) is 12.1. The number of ether oxygens (including phenoxy) is 1. The van der Waals surface area contributed by atoms with Gasteiger partial charge in [-0.3, -0.25) is 4.79 Å². The van der Waals surface area contributed by atoms with Gasteiger partial charge >= 0.3 is 0 Å². The second kappa shape index (κ2) is 3.74. The average Bonchev–Trinajstić information content (AvgIpc) is 2.30. The third-order valence-corrected chi connectivity index (χ3v) is 1.93. The van der Waals surface area contributed by atoms with Crippen LogP contribution in [0, 0.1) is 0 Å². The van der Waals surface area contributed by atoms with Crippen LogP contribution in [0.4, 0.5) is 0 Å². The van der Waals surface area contributed by atoms with Crippen LogP contribution in [0.2, 0.25) is 0 Å². The Kier molecular flexibility index (Phi) is 3.05. The molecule has 0 amide bonds. The Balaban J connectivity index is 2.60. The summed E-state index contributed by atoms with van der Waals surface area (Å²) < 4.78 is 5.11. The second-order valence-corrected chi connectivity index (χ2v) is 4.37. The highest BCUT2D eigenvalue weighted by atomic mass is 16.5. The molecule has 0 spiro atoms. The van der Waals surface area contributed by atoms with E-state index in [-0.39, 0.29) is 36.7 Å². The zero-order valence-corrected chi connectivity index (χ0v) is 8.33. The molecular formula is C9H17NO3. The topological polar surface area (TPSA) is 58.6 Å². The third kappa shape index (κ3) is 2.76. The number of Topliss-reactive ketones (excluding diaryl/α,β-unsaturated/α-hetero) is 1. The molecule has 0 saturated carbocycles. The molecule has 0 aliphatic carbocycles. The van der Waals surface area contributed by atoms with E-state index in [0.717, 1.165) is 0 Å². The molecule has 0 aromatic carbocycles. The minimum absolute atomic E-state index is 0.0222. The van der Waals surface area contributed by atoms with Crippen molar-refractivity contribution in [2.45, 2.75) is 38.5 Å². The Bertz CT molecular complexity index is 198. The molecule has 2 unspecified atom stereocenters. The van der Waals surface area contributed by atoms with Crippen LogP contribution in [0.15, 0.2) is 0 Å². The number of nitrogens with one attached hydrogen (secondary N) is 1. The molecule has 0 aromatic rings. The average molecular weight is 187 g/mol. The van der Waals surface area contributed by atoms with Crippen molar-refractivity contribution in [1.82, 2.24) is 5.32 Å². The molecule has 13 heavy (non-hydrogen) atoms. The van der Waals surface area contributed by atoms with Crippen molar-refractivity contribution in [3.8, 4) is 0 Å². The van der Waals surface area contributed by atoms with Crippen molar-refractivity contribution >= 4 is 5.78 Å². The van der Waals surface area contributed by atoms with Gasteiger partial charge in [0.25, 0.3) is 0 Å². The second-order valence-electron chi connectivity index (χ2n) is 4.37. The van der Waals surface area contributed by atoms with Gasteiger partial charge in [-0.25, -0.2) is 0 Å². The molecule has 2 atom stereocenters. The van der Waals surface area contributed by atoms with Gasteiger partial charge in [0.05, 0.1) is 12.6 Å². The van der Waals surface area contributed by atoms with Gasteiger partial charge in [-0.05, 0) is 20.8 Å². The van der Waals surface area contributed by atoms with Crippen molar-refractivity contribution < 1.29 is 14.6 Å². The van der Waals surface area contributed by atoms with Crippen molar-refractivity contribution in [2.75, 3.05) is 13.2 Å². The number of carbonyl (C=O) groups is 1. The molecule has 1 heterocycles. The van der Waals surface area contributed by atoms with E-state index in [1.807, 2.05) is 20.8 Å². The monoisotopic (exact) mass is 187 g/mol. The molecule has 1 saturated heterocycles. The largest absolute Gasteiger partial charge is 0.394 e. The Labute approximate surface area is 78.3 Å². The summed E-state index contributed by atoms with van der Waals surface area (Å²) >= 11 is 0. The molecule has 0 bridgehead atoms. The van der Waals surface area contributed by atoms with E-state index in [1.54, 1.807) is 0 Å². The first kappa shape index (κ1) is 10.6. The fourth-order valence-electron chi connectivity index (χ4n) is 1.38. The molecule has 4 nitrogen and oxygen atoms in total. The predicted octanol–water partition coefficient (Wildman–Crippen LogP) is -0.297. The fourth-order valence-corrected chi connectivity index (χ4v) is 1.38. The van der Waals surface area contributed by atoms with Crippen molar-refractivity contribution in [3.05, 3.63) is 0 Å². The van der Waals surface area contributed by atoms with Crippen molar-refractivity contribution in [2.24, 2.45) is 0 Å². The highest BCUT2D eigenvalue weighted by Gasteiger charge is 2.37. The van der Waals surface area contributed by atoms with Gasteiger partial charge in [0.1, 0.15) is 12.7 Å². The Hall–Kier alpha value is -0.450. The van der Waals surface area contributed by atoms with Crippen LogP contribution in [0.25, 0.3) is 0 Å². The molecule has 0 aromatic heterocycles. The third-order valence-electron chi connectivity index (χ3n) is 1.93. The minimum Gasteiger partial charge on any atom is -0.394 e. The van der Waals surface area contributed by atoms with Crippen LogP contribution in [-0.4, -0.2) is 41.8 Å². The molecule has 1 rings (SSSR count). The summed E-state index contributed by atoms with van der Waals surface area (Å²) in [5.74, 6) is 0.0222. The van der Waals surface area contributed by atoms with Gasteiger partial charge in [-0.2, -0.15) is 0 Å². The normalized spacial score (nSPS) is 29.7. The van der Waals surface area contributed by atoms with Gasteiger partial charge in [-0.1, -0.05) is 0 Å². The first-order valence-corrected chi connectivity index (χ1v) is 4.47. The first-order valence-electron chi connectivity index (χ1n) is 4.47. The predicted molar refractivity (Wildman–Crippen MR) is 48.5 cm³/mol. The first-order chi connectivity index (χ1) is 5.94. The van der Waals surface area contributed by atoms with E-state index < -0.39 is 0 Å². The van der Waals surface area contributed by atoms with Gasteiger partial charge in [-0.15, -0.1) is 0 Å². The molecule has 1 aliphatic rings. The number of aliphatic hydroxyl groups excluding tert-OH is 1. The lowest BCUT2D eigenvalue weighted by atomic mass is 10.0. The Morgan fingerprint density at radius 1 is 1.62 bits per heavy atom. The molecule has 2 N–H and O–H groups in total. The van der Waals surface area contributed by atoms with Crippen LogP contribution in [-0.2, 0) is 9.53 Å². The SMILES string of the molecule is CC(C)(C)NC1C(=O)COC1CO. The van der Waals surface area contributed by atoms with Crippen molar-refractivity contribution in [1.29, 1.82) is 0 Å². The van der Waals surface area contributed by atoms with Crippen LogP contribution >= 0.6 is 0 Å². The van der Waals surface area contributed by atoms with E-state index in [0.29, 0.717) is 0 Å². The van der Waals surface area contributed by atoms with E-state index in [1.165, 1.54) is 0 Å². The Morgan fingerprint density at radius 3 is 2.69 bits per heavy atom. The number of rotatable bonds is 2. The summed E-state index contributed by atoms with van der Waals surface area (Å²) in [7, 11) is 0. The summed E-state index contributed by atoms with van der Waals surface area (Å²) in [6.07, 6.45) is -0.383. The highest BCUT2D eigenvalue weighted by molar-refractivity contribution is 5.87. The summed E-state index contributed by atoms with van der Waals surface area (Å²) in [5.41, 5.74) is -0.137. The lowest BCUT2D eigenvalue weighted by molar-refractivity contribution is -0.119. The molecular weight excluding hydrogens is 170 g/mol. The molecule has 76 valence electrons. The summed E-state index contributed by atoms with van der Waals surface area (Å²) in [6.45, 7) is 5.94. The maximum atomic E-state index is 11.3.